The molecule has 0 bridgehead atoms. The van der Waals surface area contributed by atoms with E-state index in [1.54, 1.807) is 6.92 Å². The van der Waals surface area contributed by atoms with Gasteiger partial charge in [0.25, 0.3) is 0 Å². The first-order valence-electron chi connectivity index (χ1n) is 4.65. The molecule has 2 aliphatic rings. The zero-order valence-electron chi connectivity index (χ0n) is 8.17. The summed E-state index contributed by atoms with van der Waals surface area (Å²) in [7, 11) is -3.10. The van der Waals surface area contributed by atoms with Gasteiger partial charge in [0.15, 0.2) is 21.7 Å². The molecule has 2 aliphatic heterocycles. The minimum atomic E-state index is -3.10. The van der Waals surface area contributed by atoms with Crippen molar-refractivity contribution in [3.63, 3.8) is 0 Å². The molecule has 0 unspecified atom stereocenters. The first-order chi connectivity index (χ1) is 7.03. The number of carbonyl (C=O) groups excluding carboxylic acids is 1. The van der Waals surface area contributed by atoms with Crippen molar-refractivity contribution >= 4 is 21.5 Å². The van der Waals surface area contributed by atoms with E-state index in [9.17, 15) is 13.2 Å². The minimum Gasteiger partial charge on any atom is -0.461 e. The Hall–Kier alpha value is -1.11. The number of oxime groups is 1. The van der Waals surface area contributed by atoms with E-state index in [0.717, 1.165) is 0 Å². The van der Waals surface area contributed by atoms with Crippen LogP contribution in [0.4, 0.5) is 0 Å². The average molecular weight is 233 g/mol. The van der Waals surface area contributed by atoms with Crippen molar-refractivity contribution in [3.05, 3.63) is 0 Å². The molecule has 0 radical (unpaired) electrons. The topological polar surface area (TPSA) is 82.0 Å². The van der Waals surface area contributed by atoms with E-state index in [4.69, 9.17) is 9.57 Å². The van der Waals surface area contributed by atoms with Crippen LogP contribution in [0.15, 0.2) is 5.16 Å². The van der Waals surface area contributed by atoms with Crippen LogP contribution < -0.4 is 0 Å². The van der Waals surface area contributed by atoms with Gasteiger partial charge in [-0.2, -0.15) is 0 Å². The van der Waals surface area contributed by atoms with Gasteiger partial charge in [-0.3, -0.25) is 0 Å². The predicted octanol–water partition coefficient (Wildman–Crippen LogP) is -0.651. The molecule has 15 heavy (non-hydrogen) atoms. The lowest BCUT2D eigenvalue weighted by atomic mass is 10.0. The molecule has 0 saturated carbocycles. The largest absolute Gasteiger partial charge is 0.461 e. The van der Waals surface area contributed by atoms with Crippen LogP contribution in [0.5, 0.6) is 0 Å². The molecule has 0 amide bonds. The molecule has 2 heterocycles. The monoisotopic (exact) mass is 233 g/mol. The van der Waals surface area contributed by atoms with Gasteiger partial charge in [0.2, 0.25) is 0 Å². The molecular formula is C8H11NO5S. The zero-order valence-corrected chi connectivity index (χ0v) is 8.99. The molecule has 1 fully saturated rings. The van der Waals surface area contributed by atoms with Gasteiger partial charge < -0.3 is 9.57 Å². The number of hydrogen-bond acceptors (Lipinski definition) is 6. The van der Waals surface area contributed by atoms with Crippen LogP contribution in [0.2, 0.25) is 0 Å². The second-order valence-corrected chi connectivity index (χ2v) is 5.68. The smallest absolute Gasteiger partial charge is 0.356 e. The Morgan fingerprint density at radius 2 is 2.33 bits per heavy atom. The summed E-state index contributed by atoms with van der Waals surface area (Å²) in [6.45, 7) is 1.92. The Bertz CT molecular complexity index is 413. The summed E-state index contributed by atoms with van der Waals surface area (Å²) in [6, 6.07) is 0. The quantitative estimate of drug-likeness (QED) is 0.592. The van der Waals surface area contributed by atoms with Crippen molar-refractivity contribution < 1.29 is 22.8 Å². The maximum absolute atomic E-state index is 11.4. The van der Waals surface area contributed by atoms with E-state index in [1.807, 2.05) is 0 Å². The first kappa shape index (κ1) is 10.4. The van der Waals surface area contributed by atoms with E-state index in [1.165, 1.54) is 0 Å². The Morgan fingerprint density at radius 1 is 1.60 bits per heavy atom. The maximum atomic E-state index is 11.4. The van der Waals surface area contributed by atoms with Crippen molar-refractivity contribution in [3.8, 4) is 0 Å². The number of rotatable bonds is 2. The summed E-state index contributed by atoms with van der Waals surface area (Å²) < 4.78 is 27.3. The molecule has 0 spiro atoms. The van der Waals surface area contributed by atoms with Gasteiger partial charge >= 0.3 is 5.97 Å². The van der Waals surface area contributed by atoms with Crippen LogP contribution in [0.1, 0.15) is 6.92 Å². The average Bonchev–Trinajstić information content (AvgIpc) is 2.59. The van der Waals surface area contributed by atoms with Crippen LogP contribution in [-0.4, -0.2) is 44.3 Å². The number of carbonyl (C=O) groups is 1. The van der Waals surface area contributed by atoms with Crippen molar-refractivity contribution in [1.82, 2.24) is 0 Å². The minimum absolute atomic E-state index is 0.0654. The molecule has 0 aliphatic carbocycles. The summed E-state index contributed by atoms with van der Waals surface area (Å²) >= 11 is 0. The van der Waals surface area contributed by atoms with Gasteiger partial charge in [0, 0.05) is 0 Å². The molecule has 0 aromatic carbocycles. The van der Waals surface area contributed by atoms with E-state index in [0.29, 0.717) is 0 Å². The lowest BCUT2D eigenvalue weighted by molar-refractivity contribution is -0.135. The maximum Gasteiger partial charge on any atom is 0.356 e. The molecule has 84 valence electrons. The van der Waals surface area contributed by atoms with Crippen LogP contribution in [0.3, 0.4) is 0 Å². The van der Waals surface area contributed by atoms with E-state index >= 15 is 0 Å². The lowest BCUT2D eigenvalue weighted by Crippen LogP contribution is -2.28. The van der Waals surface area contributed by atoms with Crippen molar-refractivity contribution in [2.45, 2.75) is 13.0 Å². The Kier molecular flexibility index (Phi) is 2.41. The Balaban J connectivity index is 2.14. The third-order valence-electron chi connectivity index (χ3n) is 2.42. The molecule has 0 aromatic rings. The fourth-order valence-electron chi connectivity index (χ4n) is 1.76. The SMILES string of the molecule is CCOC(=O)C1=NO[C@H]2CS(=O)(=O)C[C@@H]12. The van der Waals surface area contributed by atoms with Crippen LogP contribution >= 0.6 is 0 Å². The highest BCUT2D eigenvalue weighted by molar-refractivity contribution is 7.91. The Labute approximate surface area is 87.1 Å². The number of esters is 1. The molecule has 6 nitrogen and oxygen atoms in total. The van der Waals surface area contributed by atoms with Gasteiger partial charge in [-0.1, -0.05) is 5.16 Å². The van der Waals surface area contributed by atoms with Gasteiger partial charge in [0.1, 0.15) is 0 Å². The predicted molar refractivity (Wildman–Crippen MR) is 51.1 cm³/mol. The second kappa shape index (κ2) is 3.48. The molecular weight excluding hydrogens is 222 g/mol. The number of fused-ring (bicyclic) bond motifs is 1. The second-order valence-electron chi connectivity index (χ2n) is 3.52. The van der Waals surface area contributed by atoms with E-state index in [2.05, 4.69) is 5.16 Å². The molecule has 7 heteroatoms. The molecule has 2 atom stereocenters. The van der Waals surface area contributed by atoms with E-state index in [-0.39, 0.29) is 23.8 Å². The number of sulfone groups is 1. The third kappa shape index (κ3) is 1.83. The summed E-state index contributed by atoms with van der Waals surface area (Å²) in [6.07, 6.45) is -0.505. The van der Waals surface area contributed by atoms with Crippen molar-refractivity contribution in [2.24, 2.45) is 11.1 Å². The zero-order chi connectivity index (χ0) is 11.1. The highest BCUT2D eigenvalue weighted by atomic mass is 32.2. The highest BCUT2D eigenvalue weighted by Crippen LogP contribution is 2.29. The molecule has 1 saturated heterocycles. The van der Waals surface area contributed by atoms with Crippen molar-refractivity contribution in [2.75, 3.05) is 18.1 Å². The standard InChI is InChI=1S/C8H11NO5S/c1-2-13-8(10)7-5-3-15(11,12)4-6(5)14-9-7/h5-6H,2-4H2,1H3/t5-,6+/m1/s1. The summed E-state index contributed by atoms with van der Waals surface area (Å²) in [4.78, 5) is 16.3. The Morgan fingerprint density at radius 3 is 3.00 bits per heavy atom. The summed E-state index contributed by atoms with van der Waals surface area (Å²) in [5.41, 5.74) is 0.0999. The molecule has 2 rings (SSSR count). The molecule has 0 N–H and O–H groups in total. The van der Waals surface area contributed by atoms with Crippen LogP contribution in [0, 0.1) is 5.92 Å². The van der Waals surface area contributed by atoms with Gasteiger partial charge in [-0.15, -0.1) is 0 Å². The van der Waals surface area contributed by atoms with Crippen molar-refractivity contribution in [1.29, 1.82) is 0 Å². The normalized spacial score (nSPS) is 31.7. The van der Waals surface area contributed by atoms with Crippen LogP contribution in [0.25, 0.3) is 0 Å². The first-order valence-corrected chi connectivity index (χ1v) is 6.47. The van der Waals surface area contributed by atoms with Gasteiger partial charge in [-0.05, 0) is 6.92 Å². The molecule has 0 aromatic heterocycles. The fraction of sp³-hybridized carbons (Fsp3) is 0.750. The third-order valence-corrected chi connectivity index (χ3v) is 4.13. The number of nitrogens with zero attached hydrogens (tertiary/aromatic N) is 1. The highest BCUT2D eigenvalue weighted by Gasteiger charge is 2.48. The fourth-order valence-corrected chi connectivity index (χ4v) is 3.61. The van der Waals surface area contributed by atoms with E-state index < -0.39 is 27.8 Å². The summed E-state index contributed by atoms with van der Waals surface area (Å²) in [5.74, 6) is -1.17. The summed E-state index contributed by atoms with van der Waals surface area (Å²) in [5, 5.41) is 3.58. The number of ether oxygens (including phenoxy) is 1. The lowest BCUT2D eigenvalue weighted by Gasteiger charge is -2.05. The van der Waals surface area contributed by atoms with Gasteiger partial charge in [0.05, 0.1) is 24.0 Å². The van der Waals surface area contributed by atoms with Crippen LogP contribution in [-0.2, 0) is 24.2 Å². The van der Waals surface area contributed by atoms with Gasteiger partial charge in [-0.25, -0.2) is 13.2 Å². The number of hydrogen-bond donors (Lipinski definition) is 0.